The zero-order chi connectivity index (χ0) is 24.5. The molecule has 0 aliphatic carbocycles. The summed E-state index contributed by atoms with van der Waals surface area (Å²) in [7, 11) is 1.60. The van der Waals surface area contributed by atoms with E-state index in [1.165, 1.54) is 29.4 Å². The molecule has 1 amide bonds. The van der Waals surface area contributed by atoms with Crippen LogP contribution >= 0.6 is 11.6 Å². The van der Waals surface area contributed by atoms with Gasteiger partial charge < -0.3 is 4.74 Å². The number of anilines is 1. The number of para-hydroxylation sites is 2. The van der Waals surface area contributed by atoms with Gasteiger partial charge in [0, 0.05) is 16.7 Å². The number of benzene rings is 3. The number of hydrogen-bond acceptors (Lipinski definition) is 6. The van der Waals surface area contributed by atoms with Crippen molar-refractivity contribution in [3.63, 3.8) is 0 Å². The molecule has 0 saturated heterocycles. The molecular formula is C25H20ClN5O4. The normalized spacial score (nSPS) is 17.0. The predicted molar refractivity (Wildman–Crippen MR) is 130 cm³/mol. The van der Waals surface area contributed by atoms with Crippen LogP contribution in [0.4, 0.5) is 11.6 Å². The fraction of sp³-hybridized carbons (Fsp3) is 0.160. The van der Waals surface area contributed by atoms with Crippen molar-refractivity contribution in [3.05, 3.63) is 111 Å². The zero-order valence-electron chi connectivity index (χ0n) is 18.6. The number of nitro groups is 1. The number of nitrogens with zero attached hydrogens (tertiary/aromatic N) is 5. The predicted octanol–water partition coefficient (Wildman–Crippen LogP) is 5.23. The van der Waals surface area contributed by atoms with Crippen molar-refractivity contribution in [2.24, 2.45) is 0 Å². The average molecular weight is 490 g/mol. The van der Waals surface area contributed by atoms with E-state index >= 15 is 0 Å². The number of amides is 1. The average Bonchev–Trinajstić information content (AvgIpc) is 3.37. The topological polar surface area (TPSA) is 103 Å². The number of fused-ring (bicyclic) bond motifs is 1. The summed E-state index contributed by atoms with van der Waals surface area (Å²) < 4.78 is 7.26. The van der Waals surface area contributed by atoms with Crippen molar-refractivity contribution in [2.45, 2.75) is 18.5 Å². The minimum absolute atomic E-state index is 0.0262. The summed E-state index contributed by atoms with van der Waals surface area (Å²) in [5.74, 6) is 0.438. The third-order valence-electron chi connectivity index (χ3n) is 6.13. The monoisotopic (exact) mass is 489 g/mol. The van der Waals surface area contributed by atoms with Crippen LogP contribution in [0.25, 0.3) is 0 Å². The van der Waals surface area contributed by atoms with E-state index in [1.807, 2.05) is 36.4 Å². The molecule has 1 aliphatic heterocycles. The molecule has 0 saturated carbocycles. The molecule has 0 radical (unpaired) electrons. The lowest BCUT2D eigenvalue weighted by atomic mass is 9.91. The third kappa shape index (κ3) is 4.00. The second kappa shape index (κ2) is 9.19. The second-order valence-corrected chi connectivity index (χ2v) is 8.45. The van der Waals surface area contributed by atoms with Gasteiger partial charge in [-0.05, 0) is 36.2 Å². The maximum Gasteiger partial charge on any atom is 0.282 e. The fourth-order valence-electron chi connectivity index (χ4n) is 4.54. The van der Waals surface area contributed by atoms with Crippen LogP contribution in [0.2, 0.25) is 5.02 Å². The first kappa shape index (κ1) is 22.5. The van der Waals surface area contributed by atoms with Gasteiger partial charge >= 0.3 is 0 Å². The van der Waals surface area contributed by atoms with E-state index in [-0.39, 0.29) is 23.2 Å². The number of hydrogen-bond donors (Lipinski definition) is 0. The van der Waals surface area contributed by atoms with Gasteiger partial charge in [-0.3, -0.25) is 19.8 Å². The van der Waals surface area contributed by atoms with Gasteiger partial charge in [0.25, 0.3) is 11.6 Å². The lowest BCUT2D eigenvalue weighted by molar-refractivity contribution is -0.385. The number of ether oxygens (including phenoxy) is 1. The van der Waals surface area contributed by atoms with Crippen molar-refractivity contribution in [1.82, 2.24) is 14.8 Å². The number of nitro benzene ring substituents is 1. The van der Waals surface area contributed by atoms with Crippen molar-refractivity contribution < 1.29 is 14.5 Å². The quantitative estimate of drug-likeness (QED) is 0.281. The third-order valence-corrected chi connectivity index (χ3v) is 6.38. The SMILES string of the molecule is COc1ccccc1[C@H]1C[C@@H](c2ccc(Cl)cc2)N(C(=O)c2ccccc2[N+](=O)[O-])c2ncnn21. The summed E-state index contributed by atoms with van der Waals surface area (Å²) in [4.78, 5) is 30.9. The molecule has 0 fully saturated rings. The van der Waals surface area contributed by atoms with Crippen molar-refractivity contribution in [1.29, 1.82) is 0 Å². The summed E-state index contributed by atoms with van der Waals surface area (Å²) >= 11 is 6.13. The van der Waals surface area contributed by atoms with Crippen LogP contribution in [-0.4, -0.2) is 32.7 Å². The Morgan fingerprint density at radius 2 is 1.77 bits per heavy atom. The molecule has 35 heavy (non-hydrogen) atoms. The molecule has 3 aromatic carbocycles. The standard InChI is InChI=1S/C25H20ClN5O4/c1-35-23-9-5-3-6-18(23)22-14-21(16-10-12-17(26)13-11-16)29(25-27-15-28-30(22)25)24(32)19-7-2-4-8-20(19)31(33)34/h2-13,15,21-22H,14H2,1H3/t21-,22+/m0/s1. The van der Waals surface area contributed by atoms with E-state index in [2.05, 4.69) is 10.1 Å². The van der Waals surface area contributed by atoms with Gasteiger partial charge in [-0.1, -0.05) is 54.1 Å². The molecule has 4 aromatic rings. The molecule has 176 valence electrons. The fourth-order valence-corrected chi connectivity index (χ4v) is 4.66. The van der Waals surface area contributed by atoms with Crippen LogP contribution < -0.4 is 9.64 Å². The molecule has 5 rings (SSSR count). The first-order valence-corrected chi connectivity index (χ1v) is 11.2. The van der Waals surface area contributed by atoms with E-state index in [1.54, 1.807) is 30.0 Å². The Bertz CT molecular complexity index is 1410. The van der Waals surface area contributed by atoms with Crippen molar-refractivity contribution in [3.8, 4) is 5.75 Å². The molecule has 2 atom stereocenters. The van der Waals surface area contributed by atoms with Crippen molar-refractivity contribution >= 4 is 29.1 Å². The molecule has 10 heteroatoms. The maximum absolute atomic E-state index is 13.9. The largest absolute Gasteiger partial charge is 0.496 e. The van der Waals surface area contributed by atoms with Crippen LogP contribution in [0.5, 0.6) is 5.75 Å². The lowest BCUT2D eigenvalue weighted by Gasteiger charge is -2.39. The minimum Gasteiger partial charge on any atom is -0.496 e. The Morgan fingerprint density at radius 3 is 2.51 bits per heavy atom. The van der Waals surface area contributed by atoms with Gasteiger partial charge in [0.1, 0.15) is 17.6 Å². The summed E-state index contributed by atoms with van der Waals surface area (Å²) in [6, 6.07) is 19.9. The number of methoxy groups -OCH3 is 1. The van der Waals surface area contributed by atoms with Crippen LogP contribution in [0.15, 0.2) is 79.1 Å². The number of carbonyl (C=O) groups is 1. The molecule has 1 aromatic heterocycles. The van der Waals surface area contributed by atoms with E-state index < -0.39 is 16.9 Å². The van der Waals surface area contributed by atoms with E-state index in [0.29, 0.717) is 17.2 Å². The number of carbonyl (C=O) groups excluding carboxylic acids is 1. The van der Waals surface area contributed by atoms with Gasteiger partial charge in [0.15, 0.2) is 0 Å². The van der Waals surface area contributed by atoms with E-state index in [4.69, 9.17) is 16.3 Å². The van der Waals surface area contributed by atoms with Gasteiger partial charge in [-0.25, -0.2) is 4.68 Å². The highest BCUT2D eigenvalue weighted by Gasteiger charge is 2.41. The number of halogens is 1. The Balaban J connectivity index is 1.69. The molecule has 0 bridgehead atoms. The van der Waals surface area contributed by atoms with Gasteiger partial charge in [-0.15, -0.1) is 0 Å². The van der Waals surface area contributed by atoms with Gasteiger partial charge in [-0.2, -0.15) is 10.1 Å². The summed E-state index contributed by atoms with van der Waals surface area (Å²) in [6.07, 6.45) is 1.81. The summed E-state index contributed by atoms with van der Waals surface area (Å²) in [5.41, 5.74) is 1.40. The van der Waals surface area contributed by atoms with E-state index in [0.717, 1.165) is 11.1 Å². The van der Waals surface area contributed by atoms with Gasteiger partial charge in [0.05, 0.1) is 24.1 Å². The summed E-state index contributed by atoms with van der Waals surface area (Å²) in [6.45, 7) is 0. The smallest absolute Gasteiger partial charge is 0.282 e. The van der Waals surface area contributed by atoms with E-state index in [9.17, 15) is 14.9 Å². The molecule has 0 N–H and O–H groups in total. The maximum atomic E-state index is 13.9. The van der Waals surface area contributed by atoms with Crippen LogP contribution in [0.1, 0.15) is 40.0 Å². The number of aromatic nitrogens is 3. The Labute approximate surface area is 205 Å². The van der Waals surface area contributed by atoms with Gasteiger partial charge in [0.2, 0.25) is 5.95 Å². The molecular weight excluding hydrogens is 470 g/mol. The second-order valence-electron chi connectivity index (χ2n) is 8.01. The highest BCUT2D eigenvalue weighted by Crippen LogP contribution is 2.45. The molecule has 0 spiro atoms. The molecule has 2 heterocycles. The lowest BCUT2D eigenvalue weighted by Crippen LogP contribution is -2.43. The number of rotatable bonds is 5. The van der Waals surface area contributed by atoms with Crippen LogP contribution in [-0.2, 0) is 0 Å². The summed E-state index contributed by atoms with van der Waals surface area (Å²) in [5, 5.41) is 16.7. The highest BCUT2D eigenvalue weighted by atomic mass is 35.5. The molecule has 1 aliphatic rings. The Morgan fingerprint density at radius 1 is 1.06 bits per heavy atom. The highest BCUT2D eigenvalue weighted by molar-refractivity contribution is 6.30. The first-order chi connectivity index (χ1) is 17.0. The zero-order valence-corrected chi connectivity index (χ0v) is 19.4. The Kier molecular flexibility index (Phi) is 5.92. The first-order valence-electron chi connectivity index (χ1n) is 10.8. The van der Waals surface area contributed by atoms with Crippen LogP contribution in [0.3, 0.4) is 0 Å². The molecule has 9 nitrogen and oxygen atoms in total. The minimum atomic E-state index is -0.559. The van der Waals surface area contributed by atoms with Crippen LogP contribution in [0, 0.1) is 10.1 Å². The Hall–Kier alpha value is -4.24. The molecule has 0 unspecified atom stereocenters. The van der Waals surface area contributed by atoms with Crippen molar-refractivity contribution in [2.75, 3.05) is 12.0 Å².